The van der Waals surface area contributed by atoms with Gasteiger partial charge in [-0.05, 0) is 34.1 Å². The number of halogens is 1. The van der Waals surface area contributed by atoms with Crippen molar-refractivity contribution in [3.05, 3.63) is 51.1 Å². The second-order valence-electron chi connectivity index (χ2n) is 3.42. The highest BCUT2D eigenvalue weighted by Gasteiger charge is 2.03. The smallest absolute Gasteiger partial charge is 0.0519 e. The van der Waals surface area contributed by atoms with Crippen molar-refractivity contribution in [3.8, 4) is 0 Å². The van der Waals surface area contributed by atoms with Crippen LogP contribution < -0.4 is 4.90 Å². The summed E-state index contributed by atoms with van der Waals surface area (Å²) < 4.78 is 1.17. The third-order valence-electron chi connectivity index (χ3n) is 2.21. The summed E-state index contributed by atoms with van der Waals surface area (Å²) in [5.41, 5.74) is 1.25. The van der Waals surface area contributed by atoms with Crippen molar-refractivity contribution in [1.29, 1.82) is 0 Å². The van der Waals surface area contributed by atoms with E-state index in [1.807, 2.05) is 6.07 Å². The molecule has 0 amide bonds. The van der Waals surface area contributed by atoms with Gasteiger partial charge in [-0.3, -0.25) is 0 Å². The Kier molecular flexibility index (Phi) is 3.44. The third-order valence-corrected chi connectivity index (χ3v) is 3.89. The Morgan fingerprint density at radius 1 is 1.27 bits per heavy atom. The molecule has 0 fully saturated rings. The predicted molar refractivity (Wildman–Crippen MR) is 70.6 cm³/mol. The van der Waals surface area contributed by atoms with Crippen LogP contribution in [0.2, 0.25) is 0 Å². The highest BCUT2D eigenvalue weighted by Crippen LogP contribution is 2.22. The van der Waals surface area contributed by atoms with Crippen LogP contribution in [0.3, 0.4) is 0 Å². The van der Waals surface area contributed by atoms with Gasteiger partial charge in [-0.1, -0.05) is 18.2 Å². The fourth-order valence-corrected chi connectivity index (χ4v) is 2.95. The van der Waals surface area contributed by atoms with Gasteiger partial charge in [0.25, 0.3) is 0 Å². The summed E-state index contributed by atoms with van der Waals surface area (Å²) in [6.45, 7) is 0.959. The standard InChI is InChI=1S/C12H12BrNS/c1-14(11-5-3-2-4-6-11)8-12-7-10(13)9-15-12/h2-7,9H,8H2,1H3. The number of para-hydroxylation sites is 1. The first-order chi connectivity index (χ1) is 7.25. The zero-order valence-corrected chi connectivity index (χ0v) is 10.9. The van der Waals surface area contributed by atoms with Crippen LogP contribution in [0, 0.1) is 0 Å². The molecule has 2 aromatic rings. The van der Waals surface area contributed by atoms with Crippen molar-refractivity contribution >= 4 is 33.0 Å². The van der Waals surface area contributed by atoms with Gasteiger partial charge in [-0.25, -0.2) is 0 Å². The van der Waals surface area contributed by atoms with Crippen molar-refractivity contribution in [2.75, 3.05) is 11.9 Å². The molecule has 78 valence electrons. The van der Waals surface area contributed by atoms with Crippen LogP contribution in [0.4, 0.5) is 5.69 Å². The molecule has 0 unspecified atom stereocenters. The molecule has 0 atom stereocenters. The minimum atomic E-state index is 0.959. The summed E-state index contributed by atoms with van der Waals surface area (Å²) in [4.78, 5) is 3.62. The molecule has 0 spiro atoms. The maximum atomic E-state index is 3.47. The number of rotatable bonds is 3. The molecule has 1 aromatic carbocycles. The summed E-state index contributed by atoms with van der Waals surface area (Å²) in [6.07, 6.45) is 0. The van der Waals surface area contributed by atoms with E-state index in [1.165, 1.54) is 15.0 Å². The molecule has 1 heterocycles. The van der Waals surface area contributed by atoms with Gasteiger partial charge in [0.2, 0.25) is 0 Å². The fraction of sp³-hybridized carbons (Fsp3) is 0.167. The van der Waals surface area contributed by atoms with Crippen LogP contribution in [-0.4, -0.2) is 7.05 Å². The lowest BCUT2D eigenvalue weighted by Crippen LogP contribution is -2.15. The van der Waals surface area contributed by atoms with Crippen molar-refractivity contribution in [3.63, 3.8) is 0 Å². The van der Waals surface area contributed by atoms with E-state index in [4.69, 9.17) is 0 Å². The monoisotopic (exact) mass is 281 g/mol. The molecule has 0 aliphatic carbocycles. The summed E-state index contributed by atoms with van der Waals surface area (Å²) in [6, 6.07) is 12.6. The van der Waals surface area contributed by atoms with Gasteiger partial charge in [0.05, 0.1) is 6.54 Å². The van der Waals surface area contributed by atoms with Crippen LogP contribution in [0.25, 0.3) is 0 Å². The van der Waals surface area contributed by atoms with Crippen molar-refractivity contribution in [2.45, 2.75) is 6.54 Å². The number of benzene rings is 1. The maximum Gasteiger partial charge on any atom is 0.0519 e. The molecule has 0 saturated heterocycles. The zero-order valence-electron chi connectivity index (χ0n) is 8.48. The maximum absolute atomic E-state index is 3.47. The second-order valence-corrected chi connectivity index (χ2v) is 5.33. The number of hydrogen-bond donors (Lipinski definition) is 0. The zero-order chi connectivity index (χ0) is 10.7. The summed E-state index contributed by atoms with van der Waals surface area (Å²) in [5.74, 6) is 0. The minimum Gasteiger partial charge on any atom is -0.369 e. The van der Waals surface area contributed by atoms with E-state index in [0.29, 0.717) is 0 Å². The van der Waals surface area contributed by atoms with E-state index >= 15 is 0 Å². The molecular formula is C12H12BrNS. The van der Waals surface area contributed by atoms with Gasteiger partial charge < -0.3 is 4.90 Å². The third kappa shape index (κ3) is 2.83. The molecular weight excluding hydrogens is 270 g/mol. The van der Waals surface area contributed by atoms with E-state index in [0.717, 1.165) is 6.54 Å². The minimum absolute atomic E-state index is 0.959. The highest BCUT2D eigenvalue weighted by atomic mass is 79.9. The molecule has 0 N–H and O–H groups in total. The topological polar surface area (TPSA) is 3.24 Å². The van der Waals surface area contributed by atoms with Crippen LogP contribution in [0.1, 0.15) is 4.88 Å². The molecule has 0 aliphatic heterocycles. The van der Waals surface area contributed by atoms with E-state index in [2.05, 4.69) is 63.6 Å². The Bertz CT molecular complexity index is 424. The average molecular weight is 282 g/mol. The second kappa shape index (κ2) is 4.81. The van der Waals surface area contributed by atoms with Gasteiger partial charge in [0.1, 0.15) is 0 Å². The van der Waals surface area contributed by atoms with Gasteiger partial charge in [0, 0.05) is 27.5 Å². The molecule has 0 bridgehead atoms. The highest BCUT2D eigenvalue weighted by molar-refractivity contribution is 9.10. The summed E-state index contributed by atoms with van der Waals surface area (Å²) >= 11 is 5.25. The van der Waals surface area contributed by atoms with E-state index < -0.39 is 0 Å². The van der Waals surface area contributed by atoms with Gasteiger partial charge in [-0.15, -0.1) is 11.3 Å². The molecule has 1 aromatic heterocycles. The van der Waals surface area contributed by atoms with E-state index in [-0.39, 0.29) is 0 Å². The first-order valence-corrected chi connectivity index (χ1v) is 6.42. The normalized spacial score (nSPS) is 10.3. The van der Waals surface area contributed by atoms with Gasteiger partial charge in [0.15, 0.2) is 0 Å². The lowest BCUT2D eigenvalue weighted by molar-refractivity contribution is 0.940. The molecule has 3 heteroatoms. The van der Waals surface area contributed by atoms with Crippen LogP contribution in [0.5, 0.6) is 0 Å². The quantitative estimate of drug-likeness (QED) is 0.817. The Morgan fingerprint density at radius 2 is 2.00 bits per heavy atom. The Morgan fingerprint density at radius 3 is 2.60 bits per heavy atom. The number of hydrogen-bond acceptors (Lipinski definition) is 2. The average Bonchev–Trinajstić information content (AvgIpc) is 2.65. The van der Waals surface area contributed by atoms with E-state index in [9.17, 15) is 0 Å². The first kappa shape index (κ1) is 10.7. The molecule has 15 heavy (non-hydrogen) atoms. The summed E-state index contributed by atoms with van der Waals surface area (Å²) in [7, 11) is 2.11. The number of anilines is 1. The van der Waals surface area contributed by atoms with Crippen LogP contribution in [-0.2, 0) is 6.54 Å². The van der Waals surface area contributed by atoms with E-state index in [1.54, 1.807) is 11.3 Å². The SMILES string of the molecule is CN(Cc1cc(Br)cs1)c1ccccc1. The molecule has 0 radical (unpaired) electrons. The predicted octanol–water partition coefficient (Wildman–Crippen LogP) is 4.15. The van der Waals surface area contributed by atoms with Crippen molar-refractivity contribution in [1.82, 2.24) is 0 Å². The fourth-order valence-electron chi connectivity index (χ4n) is 1.44. The summed E-state index contributed by atoms with van der Waals surface area (Å²) in [5, 5.41) is 2.12. The molecule has 0 saturated carbocycles. The van der Waals surface area contributed by atoms with Gasteiger partial charge >= 0.3 is 0 Å². The van der Waals surface area contributed by atoms with Crippen LogP contribution >= 0.6 is 27.3 Å². The van der Waals surface area contributed by atoms with Crippen molar-refractivity contribution in [2.24, 2.45) is 0 Å². The number of nitrogens with zero attached hydrogens (tertiary/aromatic N) is 1. The molecule has 0 aliphatic rings. The Balaban J connectivity index is 2.07. The molecule has 1 nitrogen and oxygen atoms in total. The Labute approximate surface area is 102 Å². The molecule has 2 rings (SSSR count). The van der Waals surface area contributed by atoms with Crippen LogP contribution in [0.15, 0.2) is 46.3 Å². The van der Waals surface area contributed by atoms with Crippen molar-refractivity contribution < 1.29 is 0 Å². The lowest BCUT2D eigenvalue weighted by atomic mass is 10.3. The van der Waals surface area contributed by atoms with Gasteiger partial charge in [-0.2, -0.15) is 0 Å². The lowest BCUT2D eigenvalue weighted by Gasteiger charge is -2.17. The Hall–Kier alpha value is -0.800. The number of thiophene rings is 1. The first-order valence-electron chi connectivity index (χ1n) is 4.75. The largest absolute Gasteiger partial charge is 0.369 e.